The quantitative estimate of drug-likeness (QED) is 0.668. The molecule has 0 amide bonds. The highest BCUT2D eigenvalue weighted by Gasteiger charge is 2.02. The van der Waals surface area contributed by atoms with E-state index in [-0.39, 0.29) is 0 Å². The molecule has 0 bridgehead atoms. The Bertz CT molecular complexity index is 408. The maximum Gasteiger partial charge on any atom is -0.00289 e. The van der Waals surface area contributed by atoms with Crippen molar-refractivity contribution in [1.29, 1.82) is 0 Å². The van der Waals surface area contributed by atoms with Gasteiger partial charge in [0.2, 0.25) is 0 Å². The average molecular weight is 198 g/mol. The number of benzene rings is 1. The summed E-state index contributed by atoms with van der Waals surface area (Å²) < 4.78 is 0. The van der Waals surface area contributed by atoms with Gasteiger partial charge in [-0.05, 0) is 44.2 Å². The van der Waals surface area contributed by atoms with Crippen LogP contribution in [0.25, 0.3) is 0 Å². The van der Waals surface area contributed by atoms with Crippen LogP contribution in [0.1, 0.15) is 30.9 Å². The summed E-state index contributed by atoms with van der Waals surface area (Å²) in [7, 11) is 0. The van der Waals surface area contributed by atoms with Crippen LogP contribution in [-0.2, 0) is 6.42 Å². The van der Waals surface area contributed by atoms with Crippen LogP contribution in [0.5, 0.6) is 0 Å². The Morgan fingerprint density at radius 2 is 2.07 bits per heavy atom. The van der Waals surface area contributed by atoms with Gasteiger partial charge >= 0.3 is 0 Å². The summed E-state index contributed by atoms with van der Waals surface area (Å²) >= 11 is 0. The van der Waals surface area contributed by atoms with E-state index in [0.717, 1.165) is 6.42 Å². The second-order valence-corrected chi connectivity index (χ2v) is 4.47. The predicted molar refractivity (Wildman–Crippen MR) is 66.0 cm³/mol. The minimum atomic E-state index is 1.08. The van der Waals surface area contributed by atoms with Gasteiger partial charge in [0, 0.05) is 0 Å². The van der Waals surface area contributed by atoms with Crippen molar-refractivity contribution < 1.29 is 0 Å². The first-order chi connectivity index (χ1) is 7.24. The maximum atomic E-state index is 2.37. The van der Waals surface area contributed by atoms with Crippen LogP contribution in [0.3, 0.4) is 0 Å². The second kappa shape index (κ2) is 4.48. The summed E-state index contributed by atoms with van der Waals surface area (Å²) in [5, 5.41) is 0. The number of hydrogen-bond acceptors (Lipinski definition) is 0. The molecule has 1 aromatic rings. The first kappa shape index (κ1) is 10.2. The Labute approximate surface area is 92.3 Å². The first-order valence-electron chi connectivity index (χ1n) is 5.66. The summed E-state index contributed by atoms with van der Waals surface area (Å²) in [5.74, 6) is 0. The number of rotatable bonds is 2. The standard InChI is InChI=1S/C15H18/c1-12-5-3-7-14(9-12)11-15-8-4-6-13(2)10-15/h3,5,7-10H,4,6,11H2,1-2H3. The zero-order chi connectivity index (χ0) is 10.7. The molecular formula is C15H18. The van der Waals surface area contributed by atoms with E-state index in [0.29, 0.717) is 0 Å². The van der Waals surface area contributed by atoms with Crippen LogP contribution in [-0.4, -0.2) is 0 Å². The normalized spacial score (nSPS) is 15.9. The summed E-state index contributed by atoms with van der Waals surface area (Å²) in [6, 6.07) is 8.79. The van der Waals surface area contributed by atoms with Crippen molar-refractivity contribution >= 4 is 0 Å². The molecule has 1 aliphatic carbocycles. The average Bonchev–Trinajstić information content (AvgIpc) is 2.17. The van der Waals surface area contributed by atoms with Crippen LogP contribution in [0, 0.1) is 6.92 Å². The Morgan fingerprint density at radius 3 is 2.80 bits per heavy atom. The molecule has 0 heterocycles. The molecule has 0 radical (unpaired) electrons. The first-order valence-corrected chi connectivity index (χ1v) is 5.66. The van der Waals surface area contributed by atoms with E-state index in [9.17, 15) is 0 Å². The van der Waals surface area contributed by atoms with Gasteiger partial charge in [0.25, 0.3) is 0 Å². The SMILES string of the molecule is CC1=CC(Cc2cccc(C)c2)=CCC1. The van der Waals surface area contributed by atoms with Gasteiger partial charge in [-0.25, -0.2) is 0 Å². The third-order valence-corrected chi connectivity index (χ3v) is 2.87. The van der Waals surface area contributed by atoms with Gasteiger partial charge in [-0.1, -0.05) is 47.6 Å². The molecule has 1 aromatic carbocycles. The molecule has 0 atom stereocenters. The Hall–Kier alpha value is -1.30. The summed E-state index contributed by atoms with van der Waals surface area (Å²) in [4.78, 5) is 0. The van der Waals surface area contributed by atoms with Gasteiger partial charge in [-0.15, -0.1) is 0 Å². The molecule has 15 heavy (non-hydrogen) atoms. The Morgan fingerprint density at radius 1 is 1.20 bits per heavy atom. The van der Waals surface area contributed by atoms with Gasteiger partial charge in [0.15, 0.2) is 0 Å². The highest BCUT2D eigenvalue weighted by atomic mass is 14.1. The lowest BCUT2D eigenvalue weighted by atomic mass is 9.95. The monoisotopic (exact) mass is 198 g/mol. The predicted octanol–water partition coefficient (Wildman–Crippen LogP) is 4.20. The molecule has 0 nitrogen and oxygen atoms in total. The van der Waals surface area contributed by atoms with Crippen molar-refractivity contribution in [2.75, 3.05) is 0 Å². The smallest absolute Gasteiger partial charge is 0.00289 e. The van der Waals surface area contributed by atoms with Crippen molar-refractivity contribution in [3.05, 3.63) is 58.7 Å². The molecule has 0 unspecified atom stereocenters. The fourth-order valence-corrected chi connectivity index (χ4v) is 2.11. The van der Waals surface area contributed by atoms with E-state index in [1.165, 1.54) is 35.1 Å². The largest absolute Gasteiger partial charge is 0.0807 e. The van der Waals surface area contributed by atoms with Crippen molar-refractivity contribution in [3.63, 3.8) is 0 Å². The molecule has 78 valence electrons. The van der Waals surface area contributed by atoms with Gasteiger partial charge in [0.05, 0.1) is 0 Å². The van der Waals surface area contributed by atoms with E-state index >= 15 is 0 Å². The van der Waals surface area contributed by atoms with E-state index in [2.05, 4.69) is 50.3 Å². The lowest BCUT2D eigenvalue weighted by Crippen LogP contribution is -1.94. The highest BCUT2D eigenvalue weighted by Crippen LogP contribution is 2.20. The lowest BCUT2D eigenvalue weighted by molar-refractivity contribution is 0.931. The van der Waals surface area contributed by atoms with Crippen molar-refractivity contribution in [2.45, 2.75) is 33.1 Å². The van der Waals surface area contributed by atoms with Crippen LogP contribution >= 0.6 is 0 Å². The molecule has 0 spiro atoms. The van der Waals surface area contributed by atoms with Crippen molar-refractivity contribution in [2.24, 2.45) is 0 Å². The van der Waals surface area contributed by atoms with Crippen LogP contribution in [0.2, 0.25) is 0 Å². The molecule has 0 saturated heterocycles. The van der Waals surface area contributed by atoms with Gasteiger partial charge in [-0.2, -0.15) is 0 Å². The van der Waals surface area contributed by atoms with E-state index < -0.39 is 0 Å². The van der Waals surface area contributed by atoms with Crippen LogP contribution in [0.15, 0.2) is 47.6 Å². The minimum absolute atomic E-state index is 1.08. The summed E-state index contributed by atoms with van der Waals surface area (Å²) in [6.07, 6.45) is 8.24. The van der Waals surface area contributed by atoms with Gasteiger partial charge in [-0.3, -0.25) is 0 Å². The van der Waals surface area contributed by atoms with E-state index in [1.54, 1.807) is 0 Å². The van der Waals surface area contributed by atoms with Crippen LogP contribution in [0.4, 0.5) is 0 Å². The van der Waals surface area contributed by atoms with Gasteiger partial charge in [0.1, 0.15) is 0 Å². The van der Waals surface area contributed by atoms with E-state index in [1.807, 2.05) is 0 Å². The zero-order valence-electron chi connectivity index (χ0n) is 9.59. The highest BCUT2D eigenvalue weighted by molar-refractivity contribution is 5.34. The molecule has 0 aliphatic heterocycles. The van der Waals surface area contributed by atoms with E-state index in [4.69, 9.17) is 0 Å². The molecule has 0 aromatic heterocycles. The Kier molecular flexibility index (Phi) is 3.05. The van der Waals surface area contributed by atoms with Crippen LogP contribution < -0.4 is 0 Å². The molecule has 0 N–H and O–H groups in total. The number of aryl methyl sites for hydroxylation is 1. The minimum Gasteiger partial charge on any atom is -0.0807 e. The molecular weight excluding hydrogens is 180 g/mol. The number of allylic oxidation sites excluding steroid dienone is 4. The molecule has 1 aliphatic rings. The van der Waals surface area contributed by atoms with Crippen molar-refractivity contribution in [1.82, 2.24) is 0 Å². The molecule has 0 saturated carbocycles. The fourth-order valence-electron chi connectivity index (χ4n) is 2.11. The topological polar surface area (TPSA) is 0 Å². The summed E-state index contributed by atoms with van der Waals surface area (Å²) in [5.41, 5.74) is 5.77. The third kappa shape index (κ3) is 2.82. The lowest BCUT2D eigenvalue weighted by Gasteiger charge is -2.11. The molecule has 0 heteroatoms. The van der Waals surface area contributed by atoms with Gasteiger partial charge < -0.3 is 0 Å². The Balaban J connectivity index is 2.12. The number of hydrogen-bond donors (Lipinski definition) is 0. The molecule has 0 fully saturated rings. The van der Waals surface area contributed by atoms with Crippen molar-refractivity contribution in [3.8, 4) is 0 Å². The zero-order valence-corrected chi connectivity index (χ0v) is 9.59. The third-order valence-electron chi connectivity index (χ3n) is 2.87. The maximum absolute atomic E-state index is 2.37. The molecule has 2 rings (SSSR count). The fraction of sp³-hybridized carbons (Fsp3) is 0.333. The second-order valence-electron chi connectivity index (χ2n) is 4.47. The summed E-state index contributed by atoms with van der Waals surface area (Å²) in [6.45, 7) is 4.38.